The fraction of sp³-hybridized carbons (Fsp3) is 0.412. The van der Waals surface area contributed by atoms with Gasteiger partial charge in [0.15, 0.2) is 5.16 Å². The lowest BCUT2D eigenvalue weighted by Crippen LogP contribution is -2.28. The molecule has 3 aromatic rings. The molecular formula is C17H21N5O3S2. The van der Waals surface area contributed by atoms with Crippen molar-refractivity contribution in [2.24, 2.45) is 0 Å². The maximum absolute atomic E-state index is 12.5. The zero-order chi connectivity index (χ0) is 19.2. The molecule has 27 heavy (non-hydrogen) atoms. The number of thioether (sulfide) groups is 1. The minimum absolute atomic E-state index is 0.0434. The van der Waals surface area contributed by atoms with Crippen molar-refractivity contribution in [1.82, 2.24) is 24.6 Å². The summed E-state index contributed by atoms with van der Waals surface area (Å²) in [5, 5.41) is 7.85. The Morgan fingerprint density at radius 3 is 3.00 bits per heavy atom. The highest BCUT2D eigenvalue weighted by Crippen LogP contribution is 2.22. The summed E-state index contributed by atoms with van der Waals surface area (Å²) >= 11 is 2.84. The van der Waals surface area contributed by atoms with Gasteiger partial charge in [0.2, 0.25) is 5.91 Å². The highest BCUT2D eigenvalue weighted by molar-refractivity contribution is 7.99. The number of hydrogen-bond donors (Lipinski definition) is 1. The summed E-state index contributed by atoms with van der Waals surface area (Å²) in [5.74, 6) is 0.161. The molecule has 0 saturated heterocycles. The van der Waals surface area contributed by atoms with Gasteiger partial charge in [-0.3, -0.25) is 9.36 Å². The summed E-state index contributed by atoms with van der Waals surface area (Å²) in [6.45, 7) is 1.52. The van der Waals surface area contributed by atoms with Crippen LogP contribution in [0.5, 0.6) is 0 Å². The summed E-state index contributed by atoms with van der Waals surface area (Å²) in [6, 6.07) is 7.92. The molecule has 0 aliphatic heterocycles. The zero-order valence-electron chi connectivity index (χ0n) is 15.2. The number of amides is 1. The Morgan fingerprint density at radius 2 is 2.22 bits per heavy atom. The van der Waals surface area contributed by atoms with E-state index in [0.29, 0.717) is 31.3 Å². The quantitative estimate of drug-likeness (QED) is 0.431. The second-order valence-electron chi connectivity index (χ2n) is 5.92. The molecule has 144 valence electrons. The van der Waals surface area contributed by atoms with Gasteiger partial charge in [-0.2, -0.15) is 0 Å². The lowest BCUT2D eigenvalue weighted by Gasteiger charge is -2.15. The fourth-order valence-corrected chi connectivity index (χ4v) is 4.43. The fourth-order valence-electron chi connectivity index (χ4n) is 2.49. The monoisotopic (exact) mass is 407 g/mol. The van der Waals surface area contributed by atoms with E-state index >= 15 is 0 Å². The first kappa shape index (κ1) is 19.6. The van der Waals surface area contributed by atoms with Crippen molar-refractivity contribution in [2.45, 2.75) is 24.7 Å². The zero-order valence-corrected chi connectivity index (χ0v) is 16.8. The van der Waals surface area contributed by atoms with Crippen LogP contribution in [0.1, 0.15) is 11.4 Å². The number of aromatic amines is 1. The number of rotatable bonds is 9. The lowest BCUT2D eigenvalue weighted by atomic mass is 10.3. The number of aromatic nitrogens is 4. The van der Waals surface area contributed by atoms with Gasteiger partial charge in [0.25, 0.3) is 0 Å². The van der Waals surface area contributed by atoms with E-state index in [2.05, 4.69) is 15.2 Å². The first-order valence-electron chi connectivity index (χ1n) is 8.44. The second kappa shape index (κ2) is 9.16. The van der Waals surface area contributed by atoms with Gasteiger partial charge in [0.05, 0.1) is 22.5 Å². The number of benzene rings is 1. The van der Waals surface area contributed by atoms with E-state index in [0.717, 1.165) is 15.2 Å². The molecule has 0 aliphatic carbocycles. The van der Waals surface area contributed by atoms with Crippen molar-refractivity contribution in [2.75, 3.05) is 26.5 Å². The van der Waals surface area contributed by atoms with Gasteiger partial charge in [-0.05, 0) is 18.6 Å². The van der Waals surface area contributed by atoms with Crippen LogP contribution in [0.3, 0.4) is 0 Å². The Bertz CT molecular complexity index is 932. The van der Waals surface area contributed by atoms with Crippen molar-refractivity contribution < 1.29 is 9.53 Å². The predicted molar refractivity (Wildman–Crippen MR) is 106 cm³/mol. The van der Waals surface area contributed by atoms with E-state index in [1.54, 1.807) is 30.4 Å². The van der Waals surface area contributed by atoms with Gasteiger partial charge in [-0.1, -0.05) is 23.9 Å². The molecule has 2 heterocycles. The Hall–Kier alpha value is -2.17. The van der Waals surface area contributed by atoms with Crippen molar-refractivity contribution in [1.29, 1.82) is 0 Å². The minimum atomic E-state index is -0.274. The average Bonchev–Trinajstić information content (AvgIpc) is 3.23. The van der Waals surface area contributed by atoms with Crippen LogP contribution in [0, 0.1) is 0 Å². The summed E-state index contributed by atoms with van der Waals surface area (Å²) in [7, 11) is 3.37. The molecule has 8 nitrogen and oxygen atoms in total. The van der Waals surface area contributed by atoms with Crippen LogP contribution in [0.2, 0.25) is 0 Å². The van der Waals surface area contributed by atoms with Crippen LogP contribution in [0.25, 0.3) is 10.2 Å². The molecule has 0 radical (unpaired) electrons. The van der Waals surface area contributed by atoms with Gasteiger partial charge < -0.3 is 9.64 Å². The number of para-hydroxylation sites is 1. The third kappa shape index (κ3) is 4.96. The number of nitrogens with zero attached hydrogens (tertiary/aromatic N) is 4. The number of ether oxygens (including phenoxy) is 1. The van der Waals surface area contributed by atoms with Crippen LogP contribution in [0.15, 0.2) is 34.2 Å². The smallest absolute Gasteiger partial charge is 0.343 e. The van der Waals surface area contributed by atoms with Crippen LogP contribution in [-0.4, -0.2) is 57.1 Å². The molecule has 3 rings (SSSR count). The van der Waals surface area contributed by atoms with Crippen molar-refractivity contribution in [3.8, 4) is 0 Å². The van der Waals surface area contributed by atoms with E-state index in [1.165, 1.54) is 16.3 Å². The number of carbonyl (C=O) groups excluding carboxylic acids is 1. The first-order valence-corrected chi connectivity index (χ1v) is 10.2. The van der Waals surface area contributed by atoms with E-state index < -0.39 is 0 Å². The van der Waals surface area contributed by atoms with E-state index in [1.807, 2.05) is 24.3 Å². The summed E-state index contributed by atoms with van der Waals surface area (Å²) < 4.78 is 7.65. The highest BCUT2D eigenvalue weighted by Gasteiger charge is 2.15. The molecule has 2 aromatic heterocycles. The van der Waals surface area contributed by atoms with Gasteiger partial charge in [0.1, 0.15) is 5.01 Å². The number of methoxy groups -OCH3 is 1. The summed E-state index contributed by atoms with van der Waals surface area (Å²) in [4.78, 5) is 30.5. The SMILES string of the molecule is COCCCn1c(SCC(=O)N(C)Cc2nc3ccccc3s2)n[nH]c1=O. The van der Waals surface area contributed by atoms with Crippen LogP contribution >= 0.6 is 23.1 Å². The van der Waals surface area contributed by atoms with Crippen LogP contribution in [0.4, 0.5) is 0 Å². The van der Waals surface area contributed by atoms with Gasteiger partial charge in [-0.25, -0.2) is 14.9 Å². The topological polar surface area (TPSA) is 93.1 Å². The van der Waals surface area contributed by atoms with Crippen molar-refractivity contribution >= 4 is 39.2 Å². The Labute approximate surface area is 164 Å². The minimum Gasteiger partial charge on any atom is -0.385 e. The molecule has 0 atom stereocenters. The number of carbonyl (C=O) groups is 1. The number of H-pyrrole nitrogens is 1. The molecule has 1 N–H and O–H groups in total. The molecule has 0 saturated carbocycles. The molecular weight excluding hydrogens is 386 g/mol. The van der Waals surface area contributed by atoms with Gasteiger partial charge >= 0.3 is 5.69 Å². The maximum Gasteiger partial charge on any atom is 0.343 e. The third-order valence-electron chi connectivity index (χ3n) is 3.91. The lowest BCUT2D eigenvalue weighted by molar-refractivity contribution is -0.127. The Morgan fingerprint density at radius 1 is 1.41 bits per heavy atom. The molecule has 1 amide bonds. The highest BCUT2D eigenvalue weighted by atomic mass is 32.2. The summed E-state index contributed by atoms with van der Waals surface area (Å²) in [6.07, 6.45) is 0.703. The second-order valence-corrected chi connectivity index (χ2v) is 7.98. The standard InChI is InChI=1S/C17H21N5O3S2/c1-21(10-14-18-12-6-3-4-7-13(12)27-14)15(23)11-26-17-20-19-16(24)22(17)8-5-9-25-2/h3-4,6-7H,5,8-11H2,1-2H3,(H,19,24). The molecule has 0 fully saturated rings. The predicted octanol–water partition coefficient (Wildman–Crippen LogP) is 1.97. The number of nitrogens with one attached hydrogen (secondary N) is 1. The number of thiazole rings is 1. The number of hydrogen-bond acceptors (Lipinski definition) is 7. The summed E-state index contributed by atoms with van der Waals surface area (Å²) in [5.41, 5.74) is 0.674. The third-order valence-corrected chi connectivity index (χ3v) is 5.90. The molecule has 0 spiro atoms. The van der Waals surface area contributed by atoms with Crippen molar-refractivity contribution in [3.05, 3.63) is 39.8 Å². The maximum atomic E-state index is 12.5. The Balaban J connectivity index is 1.56. The van der Waals surface area contributed by atoms with Gasteiger partial charge in [0, 0.05) is 27.3 Å². The average molecular weight is 408 g/mol. The molecule has 10 heteroatoms. The molecule has 0 aliphatic rings. The van der Waals surface area contributed by atoms with E-state index in [4.69, 9.17) is 4.74 Å². The number of fused-ring (bicyclic) bond motifs is 1. The largest absolute Gasteiger partial charge is 0.385 e. The molecule has 0 unspecified atom stereocenters. The van der Waals surface area contributed by atoms with Gasteiger partial charge in [-0.15, -0.1) is 16.4 Å². The van der Waals surface area contributed by atoms with Crippen LogP contribution < -0.4 is 5.69 Å². The van der Waals surface area contributed by atoms with E-state index in [-0.39, 0.29) is 17.3 Å². The normalized spacial score (nSPS) is 11.2. The van der Waals surface area contributed by atoms with Crippen LogP contribution in [-0.2, 0) is 22.6 Å². The van der Waals surface area contributed by atoms with Crippen molar-refractivity contribution in [3.63, 3.8) is 0 Å². The molecule has 1 aromatic carbocycles. The Kier molecular flexibility index (Phi) is 6.64. The molecule has 0 bridgehead atoms. The first-order chi connectivity index (χ1) is 13.1. The van der Waals surface area contributed by atoms with E-state index in [9.17, 15) is 9.59 Å².